The molecule has 112 valence electrons. The van der Waals surface area contributed by atoms with Crippen molar-refractivity contribution in [3.05, 3.63) is 0 Å². The Morgan fingerprint density at radius 3 is 2.58 bits per heavy atom. The molecule has 19 heavy (non-hydrogen) atoms. The zero-order valence-corrected chi connectivity index (χ0v) is 14.7. The summed E-state index contributed by atoms with van der Waals surface area (Å²) in [6.45, 7) is 10.1. The van der Waals surface area contributed by atoms with Crippen LogP contribution in [0.3, 0.4) is 0 Å². The molecule has 0 aromatic rings. The summed E-state index contributed by atoms with van der Waals surface area (Å²) >= 11 is 0. The molecule has 2 N–H and O–H groups in total. The average Bonchev–Trinajstić information content (AvgIpc) is 2.84. The van der Waals surface area contributed by atoms with Gasteiger partial charge in [0.05, 0.1) is 0 Å². The summed E-state index contributed by atoms with van der Waals surface area (Å²) in [4.78, 5) is 7.21. The third-order valence-corrected chi connectivity index (χ3v) is 3.88. The summed E-state index contributed by atoms with van der Waals surface area (Å²) < 4.78 is 0. The number of aliphatic imine (C=N–C) groups is 1. The van der Waals surface area contributed by atoms with Crippen LogP contribution in [0.15, 0.2) is 4.99 Å². The molecule has 4 nitrogen and oxygen atoms in total. The first-order chi connectivity index (χ1) is 8.79. The molecule has 2 aliphatic rings. The van der Waals surface area contributed by atoms with E-state index in [1.807, 2.05) is 0 Å². The Labute approximate surface area is 134 Å². The van der Waals surface area contributed by atoms with Crippen LogP contribution in [0.1, 0.15) is 39.5 Å². The minimum absolute atomic E-state index is 0. The summed E-state index contributed by atoms with van der Waals surface area (Å²) in [7, 11) is 0. The second kappa shape index (κ2) is 9.00. The first-order valence-corrected chi connectivity index (χ1v) is 7.57. The van der Waals surface area contributed by atoms with Gasteiger partial charge in [0.1, 0.15) is 0 Å². The lowest BCUT2D eigenvalue weighted by Gasteiger charge is -2.14. The number of nitrogens with one attached hydrogen (secondary N) is 2. The molecular formula is C14H29IN4. The van der Waals surface area contributed by atoms with Crippen LogP contribution in [-0.4, -0.2) is 49.6 Å². The van der Waals surface area contributed by atoms with Gasteiger partial charge in [-0.3, -0.25) is 4.99 Å². The smallest absolute Gasteiger partial charge is 0.191 e. The molecule has 2 fully saturated rings. The maximum atomic E-state index is 4.66. The van der Waals surface area contributed by atoms with Crippen molar-refractivity contribution in [2.24, 2.45) is 10.9 Å². The molecule has 1 aliphatic carbocycles. The van der Waals surface area contributed by atoms with Crippen molar-refractivity contribution in [1.29, 1.82) is 0 Å². The Morgan fingerprint density at radius 1 is 1.32 bits per heavy atom. The number of rotatable bonds is 6. The molecule has 1 aliphatic heterocycles. The maximum absolute atomic E-state index is 4.66. The highest BCUT2D eigenvalue weighted by Crippen LogP contribution is 2.28. The highest BCUT2D eigenvalue weighted by Gasteiger charge is 2.33. The van der Waals surface area contributed by atoms with Crippen LogP contribution in [0.2, 0.25) is 0 Å². The lowest BCUT2D eigenvalue weighted by molar-refractivity contribution is 0.336. The summed E-state index contributed by atoms with van der Waals surface area (Å²) in [6, 6.07) is 0.654. The lowest BCUT2D eigenvalue weighted by atomic mass is 10.4. The van der Waals surface area contributed by atoms with Crippen molar-refractivity contribution < 1.29 is 0 Å². The van der Waals surface area contributed by atoms with Gasteiger partial charge in [-0.15, -0.1) is 24.0 Å². The number of halogens is 1. The fourth-order valence-electron chi connectivity index (χ4n) is 2.51. The van der Waals surface area contributed by atoms with Crippen LogP contribution in [0.5, 0.6) is 0 Å². The van der Waals surface area contributed by atoms with E-state index in [4.69, 9.17) is 0 Å². The quantitative estimate of drug-likeness (QED) is 0.321. The monoisotopic (exact) mass is 380 g/mol. The zero-order valence-electron chi connectivity index (χ0n) is 12.3. The van der Waals surface area contributed by atoms with Gasteiger partial charge in [-0.2, -0.15) is 0 Å². The van der Waals surface area contributed by atoms with Crippen molar-refractivity contribution in [2.45, 2.75) is 45.6 Å². The lowest BCUT2D eigenvalue weighted by Crippen LogP contribution is -2.39. The Hall–Kier alpha value is -0.0400. The Bertz CT molecular complexity index is 277. The van der Waals surface area contributed by atoms with Crippen molar-refractivity contribution in [3.63, 3.8) is 0 Å². The fraction of sp³-hybridized carbons (Fsp3) is 0.929. The summed E-state index contributed by atoms with van der Waals surface area (Å²) in [5.41, 5.74) is 0. The molecule has 1 heterocycles. The Balaban J connectivity index is 0.00000180. The fourth-order valence-corrected chi connectivity index (χ4v) is 2.51. The number of hydrogen-bond donors (Lipinski definition) is 2. The Morgan fingerprint density at radius 2 is 2.00 bits per heavy atom. The van der Waals surface area contributed by atoms with E-state index in [-0.39, 0.29) is 24.0 Å². The molecular weight excluding hydrogens is 351 g/mol. The van der Waals surface area contributed by atoms with Crippen molar-refractivity contribution in [1.82, 2.24) is 15.5 Å². The van der Waals surface area contributed by atoms with Crippen molar-refractivity contribution in [2.75, 3.05) is 32.7 Å². The second-order valence-corrected chi connectivity index (χ2v) is 5.63. The third kappa shape index (κ3) is 6.29. The van der Waals surface area contributed by atoms with Gasteiger partial charge in [0.15, 0.2) is 5.96 Å². The highest BCUT2D eigenvalue weighted by atomic mass is 127. The normalized spacial score (nSPS) is 26.9. The predicted molar refractivity (Wildman–Crippen MR) is 92.4 cm³/mol. The molecule has 0 aromatic carbocycles. The largest absolute Gasteiger partial charge is 0.357 e. The third-order valence-electron chi connectivity index (χ3n) is 3.88. The molecule has 0 amide bonds. The average molecular weight is 380 g/mol. The molecule has 5 heteroatoms. The number of likely N-dealkylation sites (tertiary alicyclic amines) is 1. The first kappa shape index (κ1) is 17.0. The minimum Gasteiger partial charge on any atom is -0.357 e. The molecule has 0 bridgehead atoms. The van der Waals surface area contributed by atoms with Gasteiger partial charge in [-0.25, -0.2) is 0 Å². The van der Waals surface area contributed by atoms with Gasteiger partial charge >= 0.3 is 0 Å². The van der Waals surface area contributed by atoms with Crippen molar-refractivity contribution in [3.8, 4) is 0 Å². The van der Waals surface area contributed by atoms with E-state index >= 15 is 0 Å². The molecule has 2 rings (SSSR count). The maximum Gasteiger partial charge on any atom is 0.191 e. The zero-order chi connectivity index (χ0) is 12.8. The van der Waals surface area contributed by atoms with Crippen molar-refractivity contribution >= 4 is 29.9 Å². The second-order valence-electron chi connectivity index (χ2n) is 5.63. The van der Waals surface area contributed by atoms with E-state index in [2.05, 4.69) is 34.4 Å². The van der Waals surface area contributed by atoms with Gasteiger partial charge in [-0.1, -0.05) is 6.92 Å². The highest BCUT2D eigenvalue weighted by molar-refractivity contribution is 14.0. The molecule has 1 saturated heterocycles. The Kier molecular flexibility index (Phi) is 8.06. The van der Waals surface area contributed by atoms with E-state index in [0.29, 0.717) is 6.04 Å². The molecule has 0 aromatic heterocycles. The molecule has 0 radical (unpaired) electrons. The number of hydrogen-bond acceptors (Lipinski definition) is 2. The molecule has 1 saturated carbocycles. The van der Waals surface area contributed by atoms with Gasteiger partial charge in [0.2, 0.25) is 0 Å². The van der Waals surface area contributed by atoms with E-state index < -0.39 is 0 Å². The summed E-state index contributed by atoms with van der Waals surface area (Å²) in [5, 5.41) is 6.82. The van der Waals surface area contributed by atoms with Gasteiger partial charge in [-0.05, 0) is 58.2 Å². The van der Waals surface area contributed by atoms with E-state index in [0.717, 1.165) is 25.0 Å². The van der Waals surface area contributed by atoms with Gasteiger partial charge in [0, 0.05) is 19.1 Å². The summed E-state index contributed by atoms with van der Waals surface area (Å²) in [6.07, 6.45) is 5.23. The number of nitrogens with zero attached hydrogens (tertiary/aromatic N) is 2. The SMILES string of the molecule is CCNC(=NCCCN1CCCC1)NC1CC1C.I. The first-order valence-electron chi connectivity index (χ1n) is 7.57. The summed E-state index contributed by atoms with van der Waals surface area (Å²) in [5.74, 6) is 1.83. The molecule has 2 atom stereocenters. The number of guanidine groups is 1. The topological polar surface area (TPSA) is 39.7 Å². The van der Waals surface area contributed by atoms with E-state index in [1.165, 1.54) is 45.3 Å². The minimum atomic E-state index is 0. The van der Waals surface area contributed by atoms with Crippen LogP contribution < -0.4 is 10.6 Å². The van der Waals surface area contributed by atoms with Crippen LogP contribution in [0.25, 0.3) is 0 Å². The van der Waals surface area contributed by atoms with Gasteiger partial charge < -0.3 is 15.5 Å². The standard InChI is InChI=1S/C14H28N4.HI/c1-3-15-14(17-13-11-12(13)2)16-7-6-10-18-8-4-5-9-18;/h12-13H,3-11H2,1-2H3,(H2,15,16,17);1H. The van der Waals surface area contributed by atoms with Gasteiger partial charge in [0.25, 0.3) is 0 Å². The predicted octanol–water partition coefficient (Wildman–Crippen LogP) is 2.05. The van der Waals surface area contributed by atoms with E-state index in [1.54, 1.807) is 0 Å². The van der Waals surface area contributed by atoms with E-state index in [9.17, 15) is 0 Å². The molecule has 2 unspecified atom stereocenters. The van der Waals surface area contributed by atoms with Crippen LogP contribution in [0, 0.1) is 5.92 Å². The molecule has 0 spiro atoms. The van der Waals surface area contributed by atoms with Crippen LogP contribution in [-0.2, 0) is 0 Å². The van der Waals surface area contributed by atoms with Crippen LogP contribution in [0.4, 0.5) is 0 Å². The van der Waals surface area contributed by atoms with Crippen LogP contribution >= 0.6 is 24.0 Å².